The number of aryl methyl sites for hydroxylation is 1. The molecule has 0 saturated carbocycles. The van der Waals surface area contributed by atoms with Gasteiger partial charge in [0.15, 0.2) is 15.0 Å². The molecule has 1 aliphatic heterocycles. The predicted molar refractivity (Wildman–Crippen MR) is 154 cm³/mol. The molecule has 0 radical (unpaired) electrons. The highest BCUT2D eigenvalue weighted by Gasteiger charge is 2.24. The van der Waals surface area contributed by atoms with E-state index in [0.29, 0.717) is 10.7 Å². The summed E-state index contributed by atoms with van der Waals surface area (Å²) < 4.78 is 31.1. The van der Waals surface area contributed by atoms with E-state index in [4.69, 9.17) is 4.74 Å². The molecule has 1 aliphatic rings. The molecule has 11 heteroatoms. The lowest BCUT2D eigenvalue weighted by Gasteiger charge is -2.37. The zero-order valence-corrected chi connectivity index (χ0v) is 24.4. The van der Waals surface area contributed by atoms with Crippen LogP contribution in [0.3, 0.4) is 0 Å². The number of ether oxygens (including phenoxy) is 1. The number of benzene rings is 2. The maximum absolute atomic E-state index is 12.6. The third-order valence-corrected chi connectivity index (χ3v) is 9.52. The second kappa shape index (κ2) is 11.8. The zero-order chi connectivity index (χ0) is 28.3. The van der Waals surface area contributed by atoms with Crippen molar-refractivity contribution in [3.05, 3.63) is 59.0 Å². The van der Waals surface area contributed by atoms with Crippen LogP contribution < -0.4 is 15.5 Å². The van der Waals surface area contributed by atoms with Gasteiger partial charge in [-0.3, -0.25) is 9.59 Å². The second-order valence-corrected chi connectivity index (χ2v) is 13.4. The molecule has 9 nitrogen and oxygen atoms in total. The number of hydrogen-bond acceptors (Lipinski definition) is 8. The highest BCUT2D eigenvalue weighted by molar-refractivity contribution is 7.92. The molecule has 0 aliphatic carbocycles. The van der Waals surface area contributed by atoms with Crippen LogP contribution in [0.4, 0.5) is 10.8 Å². The molecule has 1 aromatic heterocycles. The fourth-order valence-corrected chi connectivity index (χ4v) is 6.49. The lowest BCUT2D eigenvalue weighted by Crippen LogP contribution is -2.45. The Hall–Kier alpha value is -3.28. The smallest absolute Gasteiger partial charge is 0.251 e. The molecule has 2 amide bonds. The highest BCUT2D eigenvalue weighted by atomic mass is 32.2. The van der Waals surface area contributed by atoms with Crippen molar-refractivity contribution in [1.29, 1.82) is 0 Å². The molecule has 3 aromatic rings. The summed E-state index contributed by atoms with van der Waals surface area (Å²) in [4.78, 5) is 32.1. The number of rotatable bonds is 8. The molecular weight excluding hydrogens is 536 g/mol. The van der Waals surface area contributed by atoms with Crippen molar-refractivity contribution in [3.63, 3.8) is 0 Å². The summed E-state index contributed by atoms with van der Waals surface area (Å²) in [6.07, 6.45) is 0.306. The number of carbonyl (C=O) groups is 2. The van der Waals surface area contributed by atoms with Gasteiger partial charge in [0.2, 0.25) is 5.91 Å². The SMILES string of the molecule is Cc1ccc(C(=O)NCC(=O)Nc2nc(-c3cccc(N4C[C@@H](C)O[C@@H](C)C4)c3)cs2)cc1S(=O)(=O)C(C)C. The Morgan fingerprint density at radius 1 is 1.13 bits per heavy atom. The third-order valence-electron chi connectivity index (χ3n) is 6.46. The van der Waals surface area contributed by atoms with E-state index in [9.17, 15) is 18.0 Å². The second-order valence-electron chi connectivity index (χ2n) is 10.1. The van der Waals surface area contributed by atoms with Gasteiger partial charge in [-0.05, 0) is 64.4 Å². The summed E-state index contributed by atoms with van der Waals surface area (Å²) in [5.41, 5.74) is 3.52. The fraction of sp³-hybridized carbons (Fsp3) is 0.393. The Labute approximate surface area is 233 Å². The van der Waals surface area contributed by atoms with Crippen LogP contribution >= 0.6 is 11.3 Å². The summed E-state index contributed by atoms with van der Waals surface area (Å²) >= 11 is 1.30. The Morgan fingerprint density at radius 3 is 2.54 bits per heavy atom. The van der Waals surface area contributed by atoms with Gasteiger partial charge in [-0.2, -0.15) is 0 Å². The van der Waals surface area contributed by atoms with Gasteiger partial charge in [0.1, 0.15) is 0 Å². The molecule has 2 heterocycles. The van der Waals surface area contributed by atoms with Crippen molar-refractivity contribution < 1.29 is 22.7 Å². The van der Waals surface area contributed by atoms with Gasteiger partial charge in [-0.15, -0.1) is 11.3 Å². The zero-order valence-electron chi connectivity index (χ0n) is 22.7. The topological polar surface area (TPSA) is 118 Å². The van der Waals surface area contributed by atoms with E-state index >= 15 is 0 Å². The fourth-order valence-electron chi connectivity index (χ4n) is 4.44. The molecule has 4 rings (SSSR count). The first kappa shape index (κ1) is 28.7. The van der Waals surface area contributed by atoms with Crippen LogP contribution in [0.15, 0.2) is 52.7 Å². The Bertz CT molecular complexity index is 1460. The average Bonchev–Trinajstić information content (AvgIpc) is 3.35. The molecule has 0 unspecified atom stereocenters. The van der Waals surface area contributed by atoms with Gasteiger partial charge in [0, 0.05) is 35.3 Å². The van der Waals surface area contributed by atoms with Crippen molar-refractivity contribution in [2.75, 3.05) is 29.9 Å². The van der Waals surface area contributed by atoms with Crippen LogP contribution in [0.25, 0.3) is 11.3 Å². The van der Waals surface area contributed by atoms with Crippen LogP contribution in [0.1, 0.15) is 43.6 Å². The van der Waals surface area contributed by atoms with E-state index in [1.165, 1.54) is 17.4 Å². The van der Waals surface area contributed by atoms with Crippen LogP contribution in [0.5, 0.6) is 0 Å². The van der Waals surface area contributed by atoms with Gasteiger partial charge in [0.25, 0.3) is 5.91 Å². The number of morpholine rings is 1. The van der Waals surface area contributed by atoms with E-state index in [-0.39, 0.29) is 29.2 Å². The van der Waals surface area contributed by atoms with Crippen molar-refractivity contribution >= 4 is 43.8 Å². The monoisotopic (exact) mass is 570 g/mol. The number of nitrogens with one attached hydrogen (secondary N) is 2. The Kier molecular flexibility index (Phi) is 8.73. The first-order valence-corrected chi connectivity index (χ1v) is 15.3. The lowest BCUT2D eigenvalue weighted by molar-refractivity contribution is -0.115. The minimum atomic E-state index is -3.54. The quantitative estimate of drug-likeness (QED) is 0.415. The van der Waals surface area contributed by atoms with Gasteiger partial charge in [-0.25, -0.2) is 13.4 Å². The van der Waals surface area contributed by atoms with E-state index in [1.54, 1.807) is 32.9 Å². The molecule has 2 atom stereocenters. The maximum Gasteiger partial charge on any atom is 0.251 e. The summed E-state index contributed by atoms with van der Waals surface area (Å²) in [6, 6.07) is 12.6. The van der Waals surface area contributed by atoms with Gasteiger partial charge in [-0.1, -0.05) is 18.2 Å². The highest BCUT2D eigenvalue weighted by Crippen LogP contribution is 2.29. The number of nitrogens with zero attached hydrogens (tertiary/aromatic N) is 2. The molecule has 0 bridgehead atoms. The van der Waals surface area contributed by atoms with E-state index in [1.807, 2.05) is 17.5 Å². The van der Waals surface area contributed by atoms with Gasteiger partial charge in [0.05, 0.1) is 34.6 Å². The van der Waals surface area contributed by atoms with Gasteiger partial charge < -0.3 is 20.3 Å². The summed E-state index contributed by atoms with van der Waals surface area (Å²) in [5.74, 6) is -0.967. The number of aromatic nitrogens is 1. The van der Waals surface area contributed by atoms with E-state index < -0.39 is 26.9 Å². The number of carbonyl (C=O) groups excluding carboxylic acids is 2. The van der Waals surface area contributed by atoms with Crippen molar-refractivity contribution in [2.24, 2.45) is 0 Å². The summed E-state index contributed by atoms with van der Waals surface area (Å²) in [5, 5.41) is 6.95. The Morgan fingerprint density at radius 2 is 1.85 bits per heavy atom. The molecular formula is C28H34N4O5S2. The van der Waals surface area contributed by atoms with Gasteiger partial charge >= 0.3 is 0 Å². The van der Waals surface area contributed by atoms with Crippen LogP contribution in [-0.2, 0) is 19.4 Å². The van der Waals surface area contributed by atoms with Crippen molar-refractivity contribution in [1.82, 2.24) is 10.3 Å². The molecule has 0 spiro atoms. The summed E-state index contributed by atoms with van der Waals surface area (Å²) in [7, 11) is -3.54. The molecule has 1 fully saturated rings. The minimum Gasteiger partial charge on any atom is -0.372 e. The number of anilines is 2. The van der Waals surface area contributed by atoms with Crippen LogP contribution in [0.2, 0.25) is 0 Å². The number of sulfone groups is 1. The molecule has 208 valence electrons. The number of thiazole rings is 1. The number of hydrogen-bond donors (Lipinski definition) is 2. The first-order chi connectivity index (χ1) is 18.4. The van der Waals surface area contributed by atoms with Crippen LogP contribution in [0, 0.1) is 6.92 Å². The first-order valence-electron chi connectivity index (χ1n) is 12.8. The molecule has 2 aromatic carbocycles. The van der Waals surface area contributed by atoms with Crippen LogP contribution in [-0.4, -0.2) is 62.3 Å². The number of amides is 2. The molecule has 39 heavy (non-hydrogen) atoms. The van der Waals surface area contributed by atoms with Crippen molar-refractivity contribution in [3.8, 4) is 11.3 Å². The minimum absolute atomic E-state index is 0.117. The molecule has 2 N–H and O–H groups in total. The molecule has 1 saturated heterocycles. The predicted octanol–water partition coefficient (Wildman–Crippen LogP) is 4.28. The van der Waals surface area contributed by atoms with E-state index in [0.717, 1.165) is 30.0 Å². The largest absolute Gasteiger partial charge is 0.372 e. The normalized spacial score (nSPS) is 17.7. The van der Waals surface area contributed by atoms with E-state index in [2.05, 4.69) is 46.5 Å². The Balaban J connectivity index is 1.37. The lowest BCUT2D eigenvalue weighted by atomic mass is 10.1. The third kappa shape index (κ3) is 6.84. The average molecular weight is 571 g/mol. The standard InChI is InChI=1S/C28H34N4O5S2/c1-17(2)39(35,36)25-12-22(10-9-18(25)3)27(34)29-13-26(33)31-28-30-24(16-38-28)21-7-6-8-23(11-21)32-14-19(4)37-20(5)15-32/h6-12,16-17,19-20H,13-15H2,1-5H3,(H,29,34)(H,30,31,33)/t19-,20+. The maximum atomic E-state index is 12.6. The summed E-state index contributed by atoms with van der Waals surface area (Å²) in [6.45, 7) is 10.4. The van der Waals surface area contributed by atoms with Crippen molar-refractivity contribution in [2.45, 2.75) is 57.0 Å².